The van der Waals surface area contributed by atoms with Gasteiger partial charge in [-0.05, 0) is 30.5 Å². The van der Waals surface area contributed by atoms with Crippen LogP contribution in [0, 0.1) is 5.82 Å². The second-order valence-corrected chi connectivity index (χ2v) is 5.81. The van der Waals surface area contributed by atoms with Crippen LogP contribution in [0.25, 0.3) is 0 Å². The molecule has 1 aliphatic heterocycles. The van der Waals surface area contributed by atoms with E-state index in [1.807, 2.05) is 0 Å². The van der Waals surface area contributed by atoms with Crippen molar-refractivity contribution in [3.05, 3.63) is 29.6 Å². The van der Waals surface area contributed by atoms with Crippen molar-refractivity contribution in [2.75, 3.05) is 5.73 Å². The number of urea groups is 1. The van der Waals surface area contributed by atoms with E-state index in [1.165, 1.54) is 23.1 Å². The number of benzene rings is 1. The van der Waals surface area contributed by atoms with Crippen molar-refractivity contribution in [1.29, 1.82) is 0 Å². The molecule has 1 aromatic rings. The highest BCUT2D eigenvalue weighted by atomic mass is 19.1. The standard InChI is InChI=1S/C15H18FN3O2/c16-11-5-4-10(12(17)8-11)9-19-13(20)15(18-14(19)21)6-2-1-3-7-15/h4-5,8H,1-3,6-7,9,17H2,(H,18,21). The summed E-state index contributed by atoms with van der Waals surface area (Å²) >= 11 is 0. The molecule has 0 unspecified atom stereocenters. The maximum atomic E-state index is 13.1. The summed E-state index contributed by atoms with van der Waals surface area (Å²) in [6.07, 6.45) is 4.35. The number of nitrogens with one attached hydrogen (secondary N) is 1. The number of carbonyl (C=O) groups is 2. The molecular weight excluding hydrogens is 273 g/mol. The number of carbonyl (C=O) groups excluding carboxylic acids is 2. The zero-order valence-corrected chi connectivity index (χ0v) is 11.7. The molecule has 1 spiro atoms. The lowest BCUT2D eigenvalue weighted by molar-refractivity contribution is -0.132. The monoisotopic (exact) mass is 291 g/mol. The molecule has 0 radical (unpaired) electrons. The minimum atomic E-state index is -0.732. The molecule has 1 aliphatic carbocycles. The van der Waals surface area contributed by atoms with Gasteiger partial charge in [-0.25, -0.2) is 9.18 Å². The van der Waals surface area contributed by atoms with Gasteiger partial charge in [-0.2, -0.15) is 0 Å². The fraction of sp³-hybridized carbons (Fsp3) is 0.467. The zero-order valence-electron chi connectivity index (χ0n) is 11.7. The lowest BCUT2D eigenvalue weighted by atomic mass is 9.82. The lowest BCUT2D eigenvalue weighted by Gasteiger charge is -2.30. The van der Waals surface area contributed by atoms with Gasteiger partial charge < -0.3 is 11.1 Å². The van der Waals surface area contributed by atoms with Crippen LogP contribution in [0.1, 0.15) is 37.7 Å². The Balaban J connectivity index is 1.82. The summed E-state index contributed by atoms with van der Waals surface area (Å²) in [4.78, 5) is 25.9. The first kappa shape index (κ1) is 13.9. The van der Waals surface area contributed by atoms with E-state index in [4.69, 9.17) is 5.73 Å². The maximum absolute atomic E-state index is 13.1. The fourth-order valence-corrected chi connectivity index (χ4v) is 3.19. The normalized spacial score (nSPS) is 20.9. The molecule has 2 fully saturated rings. The van der Waals surface area contributed by atoms with E-state index in [9.17, 15) is 14.0 Å². The summed E-state index contributed by atoms with van der Waals surface area (Å²) in [6.45, 7) is 0.0819. The Morgan fingerprint density at radius 2 is 1.95 bits per heavy atom. The van der Waals surface area contributed by atoms with E-state index >= 15 is 0 Å². The Bertz CT molecular complexity index is 597. The van der Waals surface area contributed by atoms with Crippen LogP contribution < -0.4 is 11.1 Å². The minimum Gasteiger partial charge on any atom is -0.398 e. The van der Waals surface area contributed by atoms with Gasteiger partial charge in [0.15, 0.2) is 0 Å². The highest BCUT2D eigenvalue weighted by Gasteiger charge is 2.51. The molecule has 0 bridgehead atoms. The molecule has 3 N–H and O–H groups in total. The molecule has 3 amide bonds. The largest absolute Gasteiger partial charge is 0.398 e. The van der Waals surface area contributed by atoms with E-state index in [1.54, 1.807) is 0 Å². The van der Waals surface area contributed by atoms with Crippen LogP contribution in [0.3, 0.4) is 0 Å². The number of nitrogens with two attached hydrogens (primary N) is 1. The second kappa shape index (κ2) is 5.02. The van der Waals surface area contributed by atoms with E-state index < -0.39 is 11.4 Å². The second-order valence-electron chi connectivity index (χ2n) is 5.81. The Morgan fingerprint density at radius 1 is 1.24 bits per heavy atom. The first-order chi connectivity index (χ1) is 10.0. The van der Waals surface area contributed by atoms with Gasteiger partial charge in [0.2, 0.25) is 0 Å². The lowest BCUT2D eigenvalue weighted by Crippen LogP contribution is -2.48. The van der Waals surface area contributed by atoms with Crippen LogP contribution in [0.15, 0.2) is 18.2 Å². The molecule has 0 atom stereocenters. The number of halogens is 1. The third-order valence-electron chi connectivity index (χ3n) is 4.39. The molecule has 112 valence electrons. The van der Waals surface area contributed by atoms with Crippen molar-refractivity contribution < 1.29 is 14.0 Å². The van der Waals surface area contributed by atoms with Crippen LogP contribution in [0.2, 0.25) is 0 Å². The van der Waals surface area contributed by atoms with Gasteiger partial charge in [0.1, 0.15) is 11.4 Å². The average molecular weight is 291 g/mol. The molecule has 1 saturated carbocycles. The first-order valence-corrected chi connectivity index (χ1v) is 7.20. The van der Waals surface area contributed by atoms with Gasteiger partial charge in [0, 0.05) is 5.69 Å². The third-order valence-corrected chi connectivity index (χ3v) is 4.39. The Kier molecular flexibility index (Phi) is 3.31. The predicted molar refractivity (Wildman–Crippen MR) is 75.7 cm³/mol. The van der Waals surface area contributed by atoms with Gasteiger partial charge in [-0.1, -0.05) is 25.3 Å². The van der Waals surface area contributed by atoms with Crippen molar-refractivity contribution in [2.45, 2.75) is 44.2 Å². The van der Waals surface area contributed by atoms with Crippen LogP contribution in [0.5, 0.6) is 0 Å². The zero-order chi connectivity index (χ0) is 15.0. The highest BCUT2D eigenvalue weighted by molar-refractivity contribution is 6.07. The summed E-state index contributed by atoms with van der Waals surface area (Å²) in [6, 6.07) is 3.60. The molecule has 6 heteroatoms. The molecule has 21 heavy (non-hydrogen) atoms. The summed E-state index contributed by atoms with van der Waals surface area (Å²) in [7, 11) is 0. The Labute approximate surface area is 122 Å². The average Bonchev–Trinajstić information content (AvgIpc) is 2.67. The van der Waals surface area contributed by atoms with Gasteiger partial charge in [-0.3, -0.25) is 9.69 Å². The number of nitrogens with zero attached hydrogens (tertiary/aromatic N) is 1. The van der Waals surface area contributed by atoms with Gasteiger partial charge in [0.05, 0.1) is 6.54 Å². The van der Waals surface area contributed by atoms with Gasteiger partial charge in [0.25, 0.3) is 5.91 Å². The molecule has 1 aromatic carbocycles. The summed E-state index contributed by atoms with van der Waals surface area (Å²) in [5, 5.41) is 2.84. The Morgan fingerprint density at radius 3 is 2.62 bits per heavy atom. The summed E-state index contributed by atoms with van der Waals surface area (Å²) in [5.74, 6) is -0.617. The molecule has 1 saturated heterocycles. The molecule has 5 nitrogen and oxygen atoms in total. The van der Waals surface area contributed by atoms with Crippen molar-refractivity contribution in [1.82, 2.24) is 10.2 Å². The van der Waals surface area contributed by atoms with Crippen LogP contribution in [0.4, 0.5) is 14.9 Å². The topological polar surface area (TPSA) is 75.4 Å². The van der Waals surface area contributed by atoms with Crippen LogP contribution >= 0.6 is 0 Å². The molecule has 3 rings (SSSR count). The quantitative estimate of drug-likeness (QED) is 0.647. The first-order valence-electron chi connectivity index (χ1n) is 7.20. The van der Waals surface area contributed by atoms with Crippen molar-refractivity contribution in [3.8, 4) is 0 Å². The molecule has 1 heterocycles. The Hall–Kier alpha value is -2.11. The van der Waals surface area contributed by atoms with Crippen LogP contribution in [-0.4, -0.2) is 22.4 Å². The number of amides is 3. The van der Waals surface area contributed by atoms with Crippen molar-refractivity contribution in [3.63, 3.8) is 0 Å². The maximum Gasteiger partial charge on any atom is 0.325 e. The SMILES string of the molecule is Nc1cc(F)ccc1CN1C(=O)NC2(CCCCC2)C1=O. The highest BCUT2D eigenvalue weighted by Crippen LogP contribution is 2.34. The summed E-state index contributed by atoms with van der Waals surface area (Å²) in [5.41, 5.74) is 5.85. The molecular formula is C15H18FN3O2. The van der Waals surface area contributed by atoms with Crippen molar-refractivity contribution >= 4 is 17.6 Å². The van der Waals surface area contributed by atoms with Gasteiger partial charge in [-0.15, -0.1) is 0 Å². The molecule has 2 aliphatic rings. The van der Waals surface area contributed by atoms with Crippen LogP contribution in [-0.2, 0) is 11.3 Å². The smallest absolute Gasteiger partial charge is 0.325 e. The predicted octanol–water partition coefficient (Wildman–Crippen LogP) is 2.16. The number of imide groups is 1. The van der Waals surface area contributed by atoms with E-state index in [0.717, 1.165) is 19.3 Å². The van der Waals surface area contributed by atoms with E-state index in [2.05, 4.69) is 5.32 Å². The third kappa shape index (κ3) is 2.34. The van der Waals surface area contributed by atoms with Gasteiger partial charge >= 0.3 is 6.03 Å². The van der Waals surface area contributed by atoms with E-state index in [-0.39, 0.29) is 24.2 Å². The fourth-order valence-electron chi connectivity index (χ4n) is 3.19. The number of hydrogen-bond acceptors (Lipinski definition) is 3. The number of nitrogen functional groups attached to an aromatic ring is 1. The minimum absolute atomic E-state index is 0.0819. The van der Waals surface area contributed by atoms with E-state index in [0.29, 0.717) is 18.4 Å². The number of hydrogen-bond donors (Lipinski definition) is 2. The van der Waals surface area contributed by atoms with Crippen molar-refractivity contribution in [2.24, 2.45) is 0 Å². The molecule has 0 aromatic heterocycles. The number of anilines is 1. The number of rotatable bonds is 2. The summed E-state index contributed by atoms with van der Waals surface area (Å²) < 4.78 is 13.1.